The molecule has 3 aromatic rings. The summed E-state index contributed by atoms with van der Waals surface area (Å²) in [6, 6.07) is 12.0. The van der Waals surface area contributed by atoms with Crippen LogP contribution in [0.1, 0.15) is 13.3 Å². The number of nitrogens with zero attached hydrogens (tertiary/aromatic N) is 2. The topological polar surface area (TPSA) is 93.1 Å². The van der Waals surface area contributed by atoms with Crippen molar-refractivity contribution in [2.24, 2.45) is 0 Å². The van der Waals surface area contributed by atoms with Crippen LogP contribution in [0.25, 0.3) is 11.0 Å². The molecule has 0 saturated carbocycles. The molecule has 7 nitrogen and oxygen atoms in total. The van der Waals surface area contributed by atoms with E-state index in [2.05, 4.69) is 15.0 Å². The van der Waals surface area contributed by atoms with Crippen LogP contribution in [0, 0.1) is 5.82 Å². The maximum atomic E-state index is 12.9. The van der Waals surface area contributed by atoms with Crippen LogP contribution in [-0.2, 0) is 21.4 Å². The van der Waals surface area contributed by atoms with Gasteiger partial charge >= 0.3 is 0 Å². The summed E-state index contributed by atoms with van der Waals surface area (Å²) in [7, 11) is -3.80. The number of carbonyl (C=O) groups excluding carboxylic acids is 1. The van der Waals surface area contributed by atoms with Crippen molar-refractivity contribution >= 4 is 32.9 Å². The molecular formula is C18H19FN4O3S. The Kier molecular flexibility index (Phi) is 5.52. The van der Waals surface area contributed by atoms with E-state index in [0.29, 0.717) is 12.5 Å². The van der Waals surface area contributed by atoms with Crippen LogP contribution in [0.5, 0.6) is 0 Å². The molecule has 0 atom stereocenters. The third-order valence-electron chi connectivity index (χ3n) is 3.99. The summed E-state index contributed by atoms with van der Waals surface area (Å²) in [4.78, 5) is 16.5. The van der Waals surface area contributed by atoms with Gasteiger partial charge in [-0.3, -0.25) is 10.1 Å². The fraction of sp³-hybridized carbons (Fsp3) is 0.222. The Morgan fingerprint density at radius 1 is 1.15 bits per heavy atom. The van der Waals surface area contributed by atoms with E-state index >= 15 is 0 Å². The minimum Gasteiger partial charge on any atom is -0.310 e. The summed E-state index contributed by atoms with van der Waals surface area (Å²) in [5, 5.41) is 2.71. The molecule has 2 N–H and O–H groups in total. The van der Waals surface area contributed by atoms with Crippen molar-refractivity contribution in [3.63, 3.8) is 0 Å². The number of fused-ring (bicyclic) bond motifs is 1. The van der Waals surface area contributed by atoms with E-state index in [9.17, 15) is 17.6 Å². The SMILES string of the molecule is CCn1c(NC(=O)CCNS(=O)(=O)c2ccc(F)cc2)nc2ccccc21. The Labute approximate surface area is 156 Å². The predicted octanol–water partition coefficient (Wildman–Crippen LogP) is 2.50. The number of hydrogen-bond donors (Lipinski definition) is 2. The first-order valence-electron chi connectivity index (χ1n) is 8.41. The Hall–Kier alpha value is -2.78. The second-order valence-corrected chi connectivity index (χ2v) is 7.59. The fourth-order valence-electron chi connectivity index (χ4n) is 2.67. The zero-order valence-electron chi connectivity index (χ0n) is 14.6. The first-order chi connectivity index (χ1) is 12.9. The van der Waals surface area contributed by atoms with Crippen molar-refractivity contribution in [3.8, 4) is 0 Å². The van der Waals surface area contributed by atoms with E-state index in [1.54, 1.807) is 0 Å². The highest BCUT2D eigenvalue weighted by Crippen LogP contribution is 2.19. The highest BCUT2D eigenvalue weighted by Gasteiger charge is 2.15. The minimum atomic E-state index is -3.80. The van der Waals surface area contributed by atoms with Crippen LogP contribution in [0.2, 0.25) is 0 Å². The molecule has 1 heterocycles. The number of para-hydroxylation sites is 2. The molecule has 3 rings (SSSR count). The molecule has 1 aromatic heterocycles. The van der Waals surface area contributed by atoms with E-state index in [-0.39, 0.29) is 23.8 Å². The summed E-state index contributed by atoms with van der Waals surface area (Å²) in [5.74, 6) is -0.459. The lowest BCUT2D eigenvalue weighted by Gasteiger charge is -2.09. The molecule has 0 fully saturated rings. The largest absolute Gasteiger partial charge is 0.310 e. The summed E-state index contributed by atoms with van der Waals surface area (Å²) >= 11 is 0. The maximum Gasteiger partial charge on any atom is 0.240 e. The molecule has 9 heteroatoms. The van der Waals surface area contributed by atoms with E-state index < -0.39 is 15.8 Å². The molecular weight excluding hydrogens is 371 g/mol. The van der Waals surface area contributed by atoms with Crippen LogP contribution in [0.4, 0.5) is 10.3 Å². The van der Waals surface area contributed by atoms with E-state index in [1.807, 2.05) is 35.8 Å². The average molecular weight is 390 g/mol. The van der Waals surface area contributed by atoms with E-state index in [1.165, 1.54) is 12.1 Å². The van der Waals surface area contributed by atoms with E-state index in [0.717, 1.165) is 23.2 Å². The number of hydrogen-bond acceptors (Lipinski definition) is 4. The van der Waals surface area contributed by atoms with Crippen molar-refractivity contribution in [1.82, 2.24) is 14.3 Å². The van der Waals surface area contributed by atoms with Crippen molar-refractivity contribution < 1.29 is 17.6 Å². The van der Waals surface area contributed by atoms with Crippen LogP contribution in [-0.4, -0.2) is 30.4 Å². The lowest BCUT2D eigenvalue weighted by molar-refractivity contribution is -0.116. The standard InChI is InChI=1S/C18H19FN4O3S/c1-2-23-16-6-4-3-5-15(16)21-18(23)22-17(24)11-12-20-27(25,26)14-9-7-13(19)8-10-14/h3-10,20H,2,11-12H2,1H3,(H,21,22,24). The van der Waals surface area contributed by atoms with Crippen molar-refractivity contribution in [2.75, 3.05) is 11.9 Å². The van der Waals surface area contributed by atoms with Crippen LogP contribution in [0.3, 0.4) is 0 Å². The maximum absolute atomic E-state index is 12.9. The van der Waals surface area contributed by atoms with Gasteiger partial charge in [0.15, 0.2) is 0 Å². The third-order valence-corrected chi connectivity index (χ3v) is 5.47. The Morgan fingerprint density at radius 3 is 2.56 bits per heavy atom. The van der Waals surface area contributed by atoms with Gasteiger partial charge in [-0.25, -0.2) is 22.5 Å². The van der Waals surface area contributed by atoms with Gasteiger partial charge in [-0.1, -0.05) is 12.1 Å². The zero-order chi connectivity index (χ0) is 19.4. The van der Waals surface area contributed by atoms with Gasteiger partial charge in [0, 0.05) is 19.5 Å². The summed E-state index contributed by atoms with van der Waals surface area (Å²) in [5.41, 5.74) is 1.68. The van der Waals surface area contributed by atoms with Gasteiger partial charge in [0.1, 0.15) is 5.82 Å². The number of carbonyl (C=O) groups is 1. The molecule has 1 amide bonds. The molecule has 0 radical (unpaired) electrons. The Balaban J connectivity index is 1.61. The number of rotatable bonds is 7. The normalized spacial score (nSPS) is 11.6. The van der Waals surface area contributed by atoms with Crippen molar-refractivity contribution in [1.29, 1.82) is 0 Å². The molecule has 0 bridgehead atoms. The number of halogens is 1. The second-order valence-electron chi connectivity index (χ2n) is 5.82. The summed E-state index contributed by atoms with van der Waals surface area (Å²) < 4.78 is 41.3. The highest BCUT2D eigenvalue weighted by molar-refractivity contribution is 7.89. The van der Waals surface area contributed by atoms with Crippen molar-refractivity contribution in [2.45, 2.75) is 24.8 Å². The average Bonchev–Trinajstić information content (AvgIpc) is 2.98. The van der Waals surface area contributed by atoms with Crippen LogP contribution in [0.15, 0.2) is 53.4 Å². The second kappa shape index (κ2) is 7.85. The summed E-state index contributed by atoms with van der Waals surface area (Å²) in [6.07, 6.45) is -0.0622. The third kappa shape index (κ3) is 4.32. The molecule has 0 aliphatic heterocycles. The first kappa shape index (κ1) is 19.0. The molecule has 0 spiro atoms. The molecule has 0 saturated heterocycles. The first-order valence-corrected chi connectivity index (χ1v) is 9.89. The molecule has 142 valence electrons. The highest BCUT2D eigenvalue weighted by atomic mass is 32.2. The number of benzene rings is 2. The van der Waals surface area contributed by atoms with Crippen molar-refractivity contribution in [3.05, 3.63) is 54.3 Å². The number of sulfonamides is 1. The van der Waals surface area contributed by atoms with Crippen LogP contribution >= 0.6 is 0 Å². The minimum absolute atomic E-state index is 0.0583. The van der Waals surface area contributed by atoms with Gasteiger partial charge < -0.3 is 4.57 Å². The van der Waals surface area contributed by atoms with Gasteiger partial charge in [0.2, 0.25) is 21.9 Å². The molecule has 0 aliphatic rings. The molecule has 0 aliphatic carbocycles. The quantitative estimate of drug-likeness (QED) is 0.648. The Bertz CT molecular complexity index is 1060. The molecule has 2 aromatic carbocycles. The van der Waals surface area contributed by atoms with Gasteiger partial charge in [0.05, 0.1) is 15.9 Å². The van der Waals surface area contributed by atoms with Crippen LogP contribution < -0.4 is 10.0 Å². The molecule has 0 unspecified atom stereocenters. The molecule has 27 heavy (non-hydrogen) atoms. The lowest BCUT2D eigenvalue weighted by Crippen LogP contribution is -2.28. The Morgan fingerprint density at radius 2 is 1.85 bits per heavy atom. The predicted molar refractivity (Wildman–Crippen MR) is 100 cm³/mol. The number of nitrogens with one attached hydrogen (secondary N) is 2. The van der Waals surface area contributed by atoms with Gasteiger partial charge in [0.25, 0.3) is 0 Å². The van der Waals surface area contributed by atoms with Gasteiger partial charge in [-0.05, 0) is 43.3 Å². The van der Waals surface area contributed by atoms with Gasteiger partial charge in [-0.15, -0.1) is 0 Å². The smallest absolute Gasteiger partial charge is 0.240 e. The number of imidazole rings is 1. The monoisotopic (exact) mass is 390 g/mol. The number of amides is 1. The summed E-state index contributed by atoms with van der Waals surface area (Å²) in [6.45, 7) is 2.49. The van der Waals surface area contributed by atoms with Gasteiger partial charge in [-0.2, -0.15) is 0 Å². The lowest BCUT2D eigenvalue weighted by atomic mass is 10.3. The fourth-order valence-corrected chi connectivity index (χ4v) is 3.71. The number of aryl methyl sites for hydroxylation is 1. The zero-order valence-corrected chi connectivity index (χ0v) is 15.5. The number of aromatic nitrogens is 2. The number of anilines is 1. The van der Waals surface area contributed by atoms with E-state index in [4.69, 9.17) is 0 Å².